The molecular formula is C57H71N11O5. The number of benzene rings is 1. The zero-order valence-corrected chi connectivity index (χ0v) is 42.6. The van der Waals surface area contributed by atoms with Crippen LogP contribution in [0.5, 0.6) is 0 Å². The van der Waals surface area contributed by atoms with Gasteiger partial charge >= 0.3 is 0 Å². The summed E-state index contributed by atoms with van der Waals surface area (Å²) in [5, 5.41) is 6.15. The number of carbonyl (C=O) groups is 5. The van der Waals surface area contributed by atoms with Gasteiger partial charge in [0.25, 0.3) is 0 Å². The molecule has 9 aliphatic rings. The number of hydrogen-bond donors (Lipinski definition) is 2. The van der Waals surface area contributed by atoms with E-state index in [2.05, 4.69) is 82.8 Å². The average molecular weight is 990 g/mol. The largest absolute Gasteiger partial charge is 0.366 e. The van der Waals surface area contributed by atoms with Crippen molar-refractivity contribution in [2.24, 2.45) is 23.7 Å². The summed E-state index contributed by atoms with van der Waals surface area (Å²) in [5.41, 5.74) is 6.08. The molecule has 5 saturated heterocycles. The number of aromatic nitrogens is 4. The molecule has 2 bridgehead atoms. The van der Waals surface area contributed by atoms with Crippen molar-refractivity contribution in [3.05, 3.63) is 60.0 Å². The van der Waals surface area contributed by atoms with Crippen molar-refractivity contribution in [2.75, 3.05) is 67.5 Å². The highest BCUT2D eigenvalue weighted by atomic mass is 16.2. The van der Waals surface area contributed by atoms with E-state index < -0.39 is 5.41 Å². The van der Waals surface area contributed by atoms with Gasteiger partial charge in [-0.1, -0.05) is 24.6 Å². The van der Waals surface area contributed by atoms with Crippen molar-refractivity contribution < 1.29 is 24.0 Å². The topological polar surface area (TPSA) is 169 Å². The standard InChI is InChI=1S/C57H71N11O5/c1-34(2)67-33-59-46-29-45(61-52(51(46)67)60-40-10-11-40)36-8-13-44-47(26-36)68(42-27-41(28-42)63-20-4-3-5-21-63)56(73)57(44)18-24-65(25-19-57)55(72)50-38-6-7-39(50)32-66(31-38)54(71)35-16-22-64(23-17-35)48-14-9-37(30-58-48)43-12-15-49(69)62-53(43)70/h8-9,13-14,26,29-30,33-35,38-43,50H,3-7,10-12,15-25,27-28,31-32H2,1-2H3,(H,60,61)(H,62,69,70)/t38?,39?,41?,42?,43-,50?/m1/s1. The summed E-state index contributed by atoms with van der Waals surface area (Å²) in [7, 11) is 0. The third-order valence-corrected chi connectivity index (χ3v) is 19.0. The van der Waals surface area contributed by atoms with Crippen LogP contribution in [0.15, 0.2) is 48.9 Å². The number of carbonyl (C=O) groups excluding carboxylic acids is 5. The molecule has 2 N–H and O–H groups in total. The second-order valence-electron chi connectivity index (χ2n) is 23.7. The number of imidazole rings is 1. The fourth-order valence-electron chi connectivity index (χ4n) is 14.6. The van der Waals surface area contributed by atoms with Gasteiger partial charge in [-0.05, 0) is 152 Å². The number of amides is 5. The highest BCUT2D eigenvalue weighted by Crippen LogP contribution is 2.53. The lowest BCUT2D eigenvalue weighted by Crippen LogP contribution is -2.59. The zero-order valence-electron chi connectivity index (χ0n) is 42.6. The second-order valence-corrected chi connectivity index (χ2v) is 23.7. The van der Waals surface area contributed by atoms with Crippen molar-refractivity contribution in [3.8, 4) is 11.3 Å². The molecule has 2 unspecified atom stereocenters. The molecule has 1 aromatic carbocycles. The van der Waals surface area contributed by atoms with Crippen molar-refractivity contribution >= 4 is 57.9 Å². The number of hydrogen-bond acceptors (Lipinski definition) is 11. The van der Waals surface area contributed by atoms with Crippen LogP contribution in [0.25, 0.3) is 22.3 Å². The van der Waals surface area contributed by atoms with Crippen LogP contribution in [0, 0.1) is 23.7 Å². The molecule has 3 saturated carbocycles. The van der Waals surface area contributed by atoms with Crippen LogP contribution in [-0.2, 0) is 29.4 Å². The number of nitrogens with one attached hydrogen (secondary N) is 2. The number of rotatable bonds is 10. The van der Waals surface area contributed by atoms with E-state index in [0.29, 0.717) is 63.9 Å². The van der Waals surface area contributed by atoms with Gasteiger partial charge in [-0.25, -0.2) is 15.0 Å². The molecule has 6 aliphatic heterocycles. The van der Waals surface area contributed by atoms with E-state index in [9.17, 15) is 19.2 Å². The zero-order chi connectivity index (χ0) is 49.7. The Bertz CT molecular complexity index is 2820. The maximum absolute atomic E-state index is 15.3. The molecule has 3 aliphatic carbocycles. The Morgan fingerprint density at radius 1 is 0.781 bits per heavy atom. The van der Waals surface area contributed by atoms with Crippen LogP contribution in [0.3, 0.4) is 0 Å². The molecule has 16 heteroatoms. The molecule has 16 nitrogen and oxygen atoms in total. The van der Waals surface area contributed by atoms with Gasteiger partial charge in [0, 0.05) is 99.1 Å². The monoisotopic (exact) mass is 990 g/mol. The number of pyridine rings is 2. The quantitative estimate of drug-likeness (QED) is 0.161. The molecule has 8 fully saturated rings. The van der Waals surface area contributed by atoms with Gasteiger partial charge in [-0.3, -0.25) is 29.3 Å². The highest BCUT2D eigenvalue weighted by Gasteiger charge is 2.57. The first-order chi connectivity index (χ1) is 35.5. The Morgan fingerprint density at radius 2 is 1.53 bits per heavy atom. The lowest BCUT2D eigenvalue weighted by molar-refractivity contribution is -0.148. The van der Waals surface area contributed by atoms with Crippen molar-refractivity contribution in [3.63, 3.8) is 0 Å². The Labute approximate surface area is 428 Å². The van der Waals surface area contributed by atoms with Gasteiger partial charge in [0.05, 0.1) is 28.9 Å². The van der Waals surface area contributed by atoms with Gasteiger partial charge in [0.15, 0.2) is 5.82 Å². The van der Waals surface area contributed by atoms with E-state index in [4.69, 9.17) is 9.97 Å². The van der Waals surface area contributed by atoms with E-state index in [1.165, 1.54) is 19.3 Å². The SMILES string of the molecule is CC(C)n1cnc2cc(-c3ccc4c(c3)N(C3CC(N5CCCCC5)C3)C(=O)C43CCN(C(=O)C4C5CCC4CN(C(=O)C4CCN(c6ccc([C@H]7CCC(=O)NC7=O)cn6)CC4)C5)CC3)nc(NC3CC3)c21. The molecule has 13 rings (SSSR count). The summed E-state index contributed by atoms with van der Waals surface area (Å²) < 4.78 is 2.20. The normalized spacial score (nSPS) is 28.5. The lowest BCUT2D eigenvalue weighted by atomic mass is 9.72. The van der Waals surface area contributed by atoms with Crippen LogP contribution in [-0.4, -0.2) is 134 Å². The lowest BCUT2D eigenvalue weighted by Gasteiger charge is -2.48. The van der Waals surface area contributed by atoms with Crippen LogP contribution < -0.4 is 20.4 Å². The number of piperidine rings is 5. The molecule has 73 heavy (non-hydrogen) atoms. The minimum atomic E-state index is -0.674. The second kappa shape index (κ2) is 18.5. The number of fused-ring (bicyclic) bond motifs is 5. The van der Waals surface area contributed by atoms with Crippen LogP contribution in [0.1, 0.15) is 133 Å². The minimum absolute atomic E-state index is 0.0571. The van der Waals surface area contributed by atoms with Crippen LogP contribution in [0.4, 0.5) is 17.3 Å². The molecule has 3 aromatic heterocycles. The molecule has 0 radical (unpaired) electrons. The van der Waals surface area contributed by atoms with Crippen LogP contribution >= 0.6 is 0 Å². The van der Waals surface area contributed by atoms with Crippen molar-refractivity contribution in [2.45, 2.75) is 146 Å². The highest BCUT2D eigenvalue weighted by molar-refractivity contribution is 6.09. The predicted octanol–water partition coefficient (Wildman–Crippen LogP) is 6.79. The maximum atomic E-state index is 15.3. The van der Waals surface area contributed by atoms with Gasteiger partial charge in [0.1, 0.15) is 11.3 Å². The molecule has 384 valence electrons. The smallest absolute Gasteiger partial charge is 0.238 e. The van der Waals surface area contributed by atoms with E-state index in [1.54, 1.807) is 6.20 Å². The van der Waals surface area contributed by atoms with E-state index in [1.807, 2.05) is 18.5 Å². The van der Waals surface area contributed by atoms with Crippen LogP contribution in [0.2, 0.25) is 0 Å². The Balaban J connectivity index is 0.680. The Morgan fingerprint density at radius 3 is 2.22 bits per heavy atom. The molecule has 9 heterocycles. The minimum Gasteiger partial charge on any atom is -0.366 e. The molecule has 4 aromatic rings. The fourth-order valence-corrected chi connectivity index (χ4v) is 14.6. The van der Waals surface area contributed by atoms with Crippen molar-refractivity contribution in [1.29, 1.82) is 0 Å². The third-order valence-electron chi connectivity index (χ3n) is 19.0. The number of likely N-dealkylation sites (tertiary alicyclic amines) is 3. The first-order valence-electron chi connectivity index (χ1n) is 28.0. The molecule has 1 spiro atoms. The average Bonchev–Trinajstić information content (AvgIpc) is 3.98. The fraction of sp³-hybridized carbons (Fsp3) is 0.614. The molecular weight excluding hydrogens is 919 g/mol. The maximum Gasteiger partial charge on any atom is 0.238 e. The Kier molecular flexibility index (Phi) is 11.9. The molecule has 3 atom stereocenters. The summed E-state index contributed by atoms with van der Waals surface area (Å²) in [5.74, 6) is 1.67. The number of imide groups is 1. The van der Waals surface area contributed by atoms with Gasteiger partial charge < -0.3 is 34.4 Å². The van der Waals surface area contributed by atoms with Gasteiger partial charge in [0.2, 0.25) is 29.5 Å². The van der Waals surface area contributed by atoms with E-state index in [0.717, 1.165) is 128 Å². The summed E-state index contributed by atoms with van der Waals surface area (Å²) in [6.07, 6.45) is 17.2. The molecule has 5 amide bonds. The van der Waals surface area contributed by atoms with E-state index >= 15 is 4.79 Å². The summed E-state index contributed by atoms with van der Waals surface area (Å²) in [4.78, 5) is 94.3. The van der Waals surface area contributed by atoms with Crippen molar-refractivity contribution in [1.82, 2.24) is 39.5 Å². The number of anilines is 3. The predicted molar refractivity (Wildman–Crippen MR) is 278 cm³/mol. The first kappa shape index (κ1) is 46.9. The summed E-state index contributed by atoms with van der Waals surface area (Å²) in [6, 6.07) is 14.0. The Hall–Kier alpha value is -5.90. The number of nitrogens with zero attached hydrogens (tertiary/aromatic N) is 9. The first-order valence-corrected chi connectivity index (χ1v) is 28.0. The third kappa shape index (κ3) is 8.28. The van der Waals surface area contributed by atoms with E-state index in [-0.39, 0.29) is 71.2 Å². The summed E-state index contributed by atoms with van der Waals surface area (Å²) in [6.45, 7) is 10.5. The summed E-state index contributed by atoms with van der Waals surface area (Å²) >= 11 is 0. The van der Waals surface area contributed by atoms with Gasteiger partial charge in [-0.15, -0.1) is 0 Å². The van der Waals surface area contributed by atoms with Gasteiger partial charge in [-0.2, -0.15) is 0 Å².